The van der Waals surface area contributed by atoms with Crippen LogP contribution in [0.2, 0.25) is 0 Å². The molecule has 3 rings (SSSR count). The second-order valence-corrected chi connectivity index (χ2v) is 8.76. The van der Waals surface area contributed by atoms with E-state index in [4.69, 9.17) is 9.47 Å². The van der Waals surface area contributed by atoms with E-state index in [1.165, 1.54) is 12.1 Å². The lowest BCUT2D eigenvalue weighted by atomic mass is 9.92. The minimum atomic E-state index is -0.660. The average Bonchev–Trinajstić information content (AvgIpc) is 2.81. The van der Waals surface area contributed by atoms with Gasteiger partial charge < -0.3 is 19.7 Å². The molecule has 6 nitrogen and oxygen atoms in total. The Morgan fingerprint density at radius 2 is 2.00 bits per heavy atom. The number of benzene rings is 2. The fourth-order valence-electron chi connectivity index (χ4n) is 3.24. The molecule has 31 heavy (non-hydrogen) atoms. The van der Waals surface area contributed by atoms with Gasteiger partial charge >= 0.3 is 0 Å². The quantitative estimate of drug-likeness (QED) is 0.698. The van der Waals surface area contributed by atoms with Crippen molar-refractivity contribution in [1.82, 2.24) is 0 Å². The van der Waals surface area contributed by atoms with Crippen molar-refractivity contribution < 1.29 is 23.5 Å². The summed E-state index contributed by atoms with van der Waals surface area (Å²) in [6.07, 6.45) is 0.868. The standard InChI is InChI=1S/C24H29FN2O4/c1-16(2)11-12-27-19-10-9-17(13-21(19)31-15-24(3,4)23(27)29)26-22(28)14-30-20-8-6-5-7-18(20)25/h5-10,13,16H,11-12,14-15H2,1-4H3,(H,26,28). The lowest BCUT2D eigenvalue weighted by Crippen LogP contribution is -2.42. The highest BCUT2D eigenvalue weighted by molar-refractivity contribution is 6.00. The minimum absolute atomic E-state index is 0.0157. The Morgan fingerprint density at radius 1 is 1.26 bits per heavy atom. The van der Waals surface area contributed by atoms with Gasteiger partial charge in [-0.1, -0.05) is 26.0 Å². The zero-order valence-corrected chi connectivity index (χ0v) is 18.4. The number of para-hydroxylation sites is 1. The highest BCUT2D eigenvalue weighted by Gasteiger charge is 2.37. The third-order valence-electron chi connectivity index (χ3n) is 5.07. The molecule has 2 aromatic carbocycles. The Morgan fingerprint density at radius 3 is 2.71 bits per heavy atom. The summed E-state index contributed by atoms with van der Waals surface area (Å²) in [6.45, 7) is 8.48. The fourth-order valence-corrected chi connectivity index (χ4v) is 3.24. The summed E-state index contributed by atoms with van der Waals surface area (Å²) in [6, 6.07) is 11.1. The van der Waals surface area contributed by atoms with Crippen molar-refractivity contribution in [2.45, 2.75) is 34.1 Å². The van der Waals surface area contributed by atoms with Crippen LogP contribution in [0.5, 0.6) is 11.5 Å². The van der Waals surface area contributed by atoms with E-state index in [0.717, 1.165) is 6.42 Å². The summed E-state index contributed by atoms with van der Waals surface area (Å²) in [5, 5.41) is 2.73. The monoisotopic (exact) mass is 428 g/mol. The third kappa shape index (κ3) is 5.54. The van der Waals surface area contributed by atoms with Crippen molar-refractivity contribution in [2.75, 3.05) is 30.0 Å². The van der Waals surface area contributed by atoms with Crippen molar-refractivity contribution in [1.29, 1.82) is 0 Å². The maximum atomic E-state index is 13.6. The molecule has 1 heterocycles. The molecule has 0 radical (unpaired) electrons. The van der Waals surface area contributed by atoms with Gasteiger partial charge in [-0.15, -0.1) is 0 Å². The van der Waals surface area contributed by atoms with Crippen molar-refractivity contribution >= 4 is 23.2 Å². The summed E-state index contributed by atoms with van der Waals surface area (Å²) in [5.41, 5.74) is 0.543. The van der Waals surface area contributed by atoms with Gasteiger partial charge in [0.1, 0.15) is 12.4 Å². The van der Waals surface area contributed by atoms with Crippen LogP contribution in [0.4, 0.5) is 15.8 Å². The minimum Gasteiger partial charge on any atom is -0.490 e. The molecule has 2 aromatic rings. The number of ether oxygens (including phenoxy) is 2. The molecule has 2 amide bonds. The molecule has 0 aliphatic carbocycles. The molecule has 0 atom stereocenters. The summed E-state index contributed by atoms with van der Waals surface area (Å²) < 4.78 is 24.8. The second kappa shape index (κ2) is 9.37. The molecular formula is C24H29FN2O4. The molecule has 7 heteroatoms. The molecule has 1 aliphatic heterocycles. The smallest absolute Gasteiger partial charge is 0.262 e. The van der Waals surface area contributed by atoms with Gasteiger partial charge in [0.05, 0.1) is 11.1 Å². The lowest BCUT2D eigenvalue weighted by Gasteiger charge is -2.28. The number of hydrogen-bond donors (Lipinski definition) is 1. The van der Waals surface area contributed by atoms with Crippen LogP contribution < -0.4 is 19.7 Å². The van der Waals surface area contributed by atoms with Gasteiger partial charge in [0.25, 0.3) is 5.91 Å². The van der Waals surface area contributed by atoms with Crippen molar-refractivity contribution in [3.05, 3.63) is 48.3 Å². The Kier molecular flexibility index (Phi) is 6.83. The van der Waals surface area contributed by atoms with Crippen LogP contribution >= 0.6 is 0 Å². The topological polar surface area (TPSA) is 67.9 Å². The van der Waals surface area contributed by atoms with E-state index in [1.54, 1.807) is 35.2 Å². The van der Waals surface area contributed by atoms with Crippen LogP contribution in [-0.2, 0) is 9.59 Å². The normalized spacial score (nSPS) is 15.2. The number of amides is 2. The first-order valence-electron chi connectivity index (χ1n) is 10.4. The van der Waals surface area contributed by atoms with Gasteiger partial charge in [0, 0.05) is 18.3 Å². The van der Waals surface area contributed by atoms with Gasteiger partial charge in [-0.3, -0.25) is 9.59 Å². The van der Waals surface area contributed by atoms with Gasteiger partial charge in [-0.2, -0.15) is 0 Å². The van der Waals surface area contributed by atoms with Crippen LogP contribution in [0.3, 0.4) is 0 Å². The first-order chi connectivity index (χ1) is 14.7. The van der Waals surface area contributed by atoms with Crippen molar-refractivity contribution in [3.63, 3.8) is 0 Å². The first kappa shape index (κ1) is 22.6. The number of halogens is 1. The molecule has 0 aromatic heterocycles. The highest BCUT2D eigenvalue weighted by atomic mass is 19.1. The molecule has 0 bridgehead atoms. The predicted octanol–water partition coefficient (Wildman–Crippen LogP) is 4.64. The molecule has 0 spiro atoms. The van der Waals surface area contributed by atoms with E-state index in [0.29, 0.717) is 29.6 Å². The SMILES string of the molecule is CC(C)CCN1C(=O)C(C)(C)COc2cc(NC(=O)COc3ccccc3F)ccc21. The number of fused-ring (bicyclic) bond motifs is 1. The lowest BCUT2D eigenvalue weighted by molar-refractivity contribution is -0.127. The Bertz CT molecular complexity index is 958. The largest absolute Gasteiger partial charge is 0.490 e. The third-order valence-corrected chi connectivity index (χ3v) is 5.07. The molecule has 0 fully saturated rings. The van der Waals surface area contributed by atoms with Gasteiger partial charge in [0.2, 0.25) is 5.91 Å². The van der Waals surface area contributed by atoms with Crippen LogP contribution in [0.25, 0.3) is 0 Å². The van der Waals surface area contributed by atoms with E-state index in [2.05, 4.69) is 19.2 Å². The fraction of sp³-hybridized carbons (Fsp3) is 0.417. The molecule has 0 unspecified atom stereocenters. The second-order valence-electron chi connectivity index (χ2n) is 8.76. The summed E-state index contributed by atoms with van der Waals surface area (Å²) in [7, 11) is 0. The first-order valence-corrected chi connectivity index (χ1v) is 10.4. The number of anilines is 2. The zero-order valence-electron chi connectivity index (χ0n) is 18.4. The molecule has 0 saturated heterocycles. The number of nitrogens with zero attached hydrogens (tertiary/aromatic N) is 1. The Labute approximate surface area is 182 Å². The maximum Gasteiger partial charge on any atom is 0.262 e. The van der Waals surface area contributed by atoms with E-state index < -0.39 is 17.1 Å². The summed E-state index contributed by atoms with van der Waals surface area (Å²) >= 11 is 0. The number of hydrogen-bond acceptors (Lipinski definition) is 4. The van der Waals surface area contributed by atoms with Gasteiger partial charge in [-0.25, -0.2) is 4.39 Å². The van der Waals surface area contributed by atoms with E-state index in [9.17, 15) is 14.0 Å². The van der Waals surface area contributed by atoms with Crippen molar-refractivity contribution in [3.8, 4) is 11.5 Å². The molecule has 0 saturated carbocycles. The number of nitrogens with one attached hydrogen (secondary N) is 1. The maximum absolute atomic E-state index is 13.6. The van der Waals surface area contributed by atoms with E-state index >= 15 is 0 Å². The van der Waals surface area contributed by atoms with E-state index in [1.807, 2.05) is 13.8 Å². The number of rotatable bonds is 7. The molecule has 166 valence electrons. The summed E-state index contributed by atoms with van der Waals surface area (Å²) in [4.78, 5) is 27.1. The zero-order chi connectivity index (χ0) is 22.6. The summed E-state index contributed by atoms with van der Waals surface area (Å²) in [5.74, 6) is 0.0749. The predicted molar refractivity (Wildman–Crippen MR) is 118 cm³/mol. The highest BCUT2D eigenvalue weighted by Crippen LogP contribution is 2.38. The average molecular weight is 429 g/mol. The Hall–Kier alpha value is -3.09. The molecule has 1 aliphatic rings. The molecular weight excluding hydrogens is 399 g/mol. The molecule has 1 N–H and O–H groups in total. The van der Waals surface area contributed by atoms with E-state index in [-0.39, 0.29) is 24.9 Å². The number of carbonyl (C=O) groups excluding carboxylic acids is 2. The van der Waals surface area contributed by atoms with Crippen molar-refractivity contribution in [2.24, 2.45) is 11.3 Å². The van der Waals surface area contributed by atoms with Crippen LogP contribution in [-0.4, -0.2) is 31.6 Å². The number of carbonyl (C=O) groups is 2. The van der Waals surface area contributed by atoms with Gasteiger partial charge in [-0.05, 0) is 50.5 Å². The van der Waals surface area contributed by atoms with Crippen LogP contribution in [0.1, 0.15) is 34.1 Å². The Balaban J connectivity index is 1.74. The van der Waals surface area contributed by atoms with Gasteiger partial charge in [0.15, 0.2) is 18.2 Å². The van der Waals surface area contributed by atoms with Crippen LogP contribution in [0.15, 0.2) is 42.5 Å². The van der Waals surface area contributed by atoms with Crippen LogP contribution in [0, 0.1) is 17.2 Å².